The van der Waals surface area contributed by atoms with Gasteiger partial charge in [0.15, 0.2) is 0 Å². The van der Waals surface area contributed by atoms with Crippen LogP contribution in [-0.4, -0.2) is 25.7 Å². The molecular weight excluding hydrogens is 487 g/mol. The average Bonchev–Trinajstić information content (AvgIpc) is 2.76. The summed E-state index contributed by atoms with van der Waals surface area (Å²) in [5.74, 6) is -0.521. The van der Waals surface area contributed by atoms with E-state index in [0.717, 1.165) is 60.2 Å². The summed E-state index contributed by atoms with van der Waals surface area (Å²) in [5.41, 5.74) is 16.7. The summed E-state index contributed by atoms with van der Waals surface area (Å²) in [6.45, 7) is 2.21. The first kappa shape index (κ1) is 31.3. The molecule has 0 aromatic heterocycles. The number of rotatable bonds is 10. The maximum absolute atomic E-state index is 13.4. The average molecular weight is 519 g/mol. The number of halogens is 5. The summed E-state index contributed by atoms with van der Waals surface area (Å²) >= 11 is 0. The Kier molecular flexibility index (Phi) is 15.2. The molecule has 8 heteroatoms. The predicted octanol–water partition coefficient (Wildman–Crippen LogP) is 5.76. The van der Waals surface area contributed by atoms with E-state index in [0.29, 0.717) is 6.54 Å². The smallest absolute Gasteiger partial charge is 0.123 e. The van der Waals surface area contributed by atoms with Crippen LogP contribution in [-0.2, 0) is 6.42 Å². The third-order valence-corrected chi connectivity index (χ3v) is 5.12. The van der Waals surface area contributed by atoms with E-state index in [1.165, 1.54) is 24.3 Å². The number of nitrogens with one attached hydrogen (secondary N) is 1. The fourth-order valence-corrected chi connectivity index (χ4v) is 3.46. The Morgan fingerprint density at radius 1 is 0.727 bits per heavy atom. The van der Waals surface area contributed by atoms with Crippen LogP contribution in [0.25, 0.3) is 22.3 Å². The molecule has 0 spiro atoms. The van der Waals surface area contributed by atoms with E-state index >= 15 is 0 Å². The Balaban J connectivity index is 0.00000341. The minimum absolute atomic E-state index is 0. The lowest BCUT2D eigenvalue weighted by molar-refractivity contribution is 0.532. The molecule has 0 unspecified atom stereocenters. The molecule has 3 rings (SSSR count). The molecule has 0 fully saturated rings. The van der Waals surface area contributed by atoms with Crippen LogP contribution in [0.1, 0.15) is 18.4 Å². The maximum atomic E-state index is 13.4. The molecule has 3 aromatic carbocycles. The van der Waals surface area contributed by atoms with Gasteiger partial charge < -0.3 is 16.8 Å². The first-order valence-corrected chi connectivity index (χ1v) is 10.4. The lowest BCUT2D eigenvalue weighted by atomic mass is 9.95. The zero-order valence-corrected chi connectivity index (χ0v) is 20.8. The van der Waals surface area contributed by atoms with E-state index in [1.807, 2.05) is 0 Å². The van der Waals surface area contributed by atoms with E-state index in [1.54, 1.807) is 24.3 Å². The third-order valence-electron chi connectivity index (χ3n) is 5.12. The highest BCUT2D eigenvalue weighted by molar-refractivity contribution is 5.86. The van der Waals surface area contributed by atoms with Gasteiger partial charge in [0.2, 0.25) is 0 Å². The van der Waals surface area contributed by atoms with Gasteiger partial charge in [-0.3, -0.25) is 0 Å². The molecule has 33 heavy (non-hydrogen) atoms. The van der Waals surface area contributed by atoms with Crippen molar-refractivity contribution in [3.05, 3.63) is 83.9 Å². The van der Waals surface area contributed by atoms with Crippen LogP contribution in [0.4, 0.5) is 8.78 Å². The van der Waals surface area contributed by atoms with Gasteiger partial charge in [-0.2, -0.15) is 0 Å². The third kappa shape index (κ3) is 9.97. The van der Waals surface area contributed by atoms with Crippen LogP contribution in [0, 0.1) is 11.6 Å². The van der Waals surface area contributed by atoms with Crippen molar-refractivity contribution in [1.82, 2.24) is 5.32 Å². The first-order valence-electron chi connectivity index (χ1n) is 10.4. The maximum Gasteiger partial charge on any atom is 0.123 e. The summed E-state index contributed by atoms with van der Waals surface area (Å²) in [6, 6.07) is 19.4. The molecule has 1 atom stereocenters. The number of nitrogens with two attached hydrogens (primary N) is 2. The SMILES string of the molecule is Cl.Cl.Cl.NCCC[C@H](N)CNCCc1cc(-c2ccc(F)cc2)cc(-c2ccc(F)cc2)c1. The number of hydrogen-bond acceptors (Lipinski definition) is 3. The van der Waals surface area contributed by atoms with Crippen LogP contribution in [0.5, 0.6) is 0 Å². The Bertz CT molecular complexity index is 875. The van der Waals surface area contributed by atoms with Crippen LogP contribution >= 0.6 is 37.2 Å². The van der Waals surface area contributed by atoms with Crippen LogP contribution < -0.4 is 16.8 Å². The fourth-order valence-electron chi connectivity index (χ4n) is 3.46. The Hall–Kier alpha value is -1.73. The molecule has 0 aliphatic carbocycles. The summed E-state index contributed by atoms with van der Waals surface area (Å²) < 4.78 is 26.7. The van der Waals surface area contributed by atoms with Gasteiger partial charge in [0.25, 0.3) is 0 Å². The van der Waals surface area contributed by atoms with Gasteiger partial charge in [0.1, 0.15) is 11.6 Å². The van der Waals surface area contributed by atoms with Gasteiger partial charge in [-0.15, -0.1) is 37.2 Å². The fraction of sp³-hybridized carbons (Fsp3) is 0.280. The summed E-state index contributed by atoms with van der Waals surface area (Å²) in [4.78, 5) is 0. The molecular formula is C25H32Cl3F2N3. The van der Waals surface area contributed by atoms with E-state index in [-0.39, 0.29) is 54.9 Å². The number of benzene rings is 3. The molecule has 0 radical (unpaired) electrons. The predicted molar refractivity (Wildman–Crippen MR) is 142 cm³/mol. The molecule has 3 aromatic rings. The highest BCUT2D eigenvalue weighted by Crippen LogP contribution is 2.29. The molecule has 5 N–H and O–H groups in total. The van der Waals surface area contributed by atoms with Gasteiger partial charge in [0.05, 0.1) is 0 Å². The van der Waals surface area contributed by atoms with E-state index in [2.05, 4.69) is 23.5 Å². The first-order chi connectivity index (χ1) is 14.5. The van der Waals surface area contributed by atoms with E-state index in [4.69, 9.17) is 11.5 Å². The second-order valence-corrected chi connectivity index (χ2v) is 7.58. The molecule has 0 aliphatic rings. The van der Waals surface area contributed by atoms with Gasteiger partial charge in [-0.1, -0.05) is 36.4 Å². The van der Waals surface area contributed by atoms with Gasteiger partial charge >= 0.3 is 0 Å². The van der Waals surface area contributed by atoms with Crippen LogP contribution in [0.2, 0.25) is 0 Å². The zero-order chi connectivity index (χ0) is 21.3. The van der Waals surface area contributed by atoms with E-state index < -0.39 is 0 Å². The molecule has 0 saturated carbocycles. The lowest BCUT2D eigenvalue weighted by Gasteiger charge is -2.14. The van der Waals surface area contributed by atoms with Crippen LogP contribution in [0.3, 0.4) is 0 Å². The minimum atomic E-state index is -0.260. The monoisotopic (exact) mass is 517 g/mol. The molecule has 0 aliphatic heterocycles. The Labute approximate surface area is 213 Å². The van der Waals surface area contributed by atoms with Crippen molar-refractivity contribution in [3.63, 3.8) is 0 Å². The summed E-state index contributed by atoms with van der Waals surface area (Å²) in [5, 5.41) is 3.41. The van der Waals surface area contributed by atoms with Gasteiger partial charge in [-0.25, -0.2) is 8.78 Å². The van der Waals surface area contributed by atoms with Crippen molar-refractivity contribution in [2.24, 2.45) is 11.5 Å². The molecule has 0 amide bonds. The number of hydrogen-bond donors (Lipinski definition) is 3. The summed E-state index contributed by atoms with van der Waals surface area (Å²) in [7, 11) is 0. The minimum Gasteiger partial charge on any atom is -0.330 e. The van der Waals surface area contributed by atoms with Crippen LogP contribution in [0.15, 0.2) is 66.7 Å². The molecule has 0 bridgehead atoms. The normalized spacial score (nSPS) is 11.0. The molecule has 0 saturated heterocycles. The van der Waals surface area contributed by atoms with Gasteiger partial charge in [-0.05, 0) is 90.5 Å². The molecule has 0 heterocycles. The summed E-state index contributed by atoms with van der Waals surface area (Å²) in [6.07, 6.45) is 2.68. The standard InChI is InChI=1S/C25H29F2N3.3ClH/c26-23-7-3-19(4-8-23)21-14-18(11-13-30-17-25(29)2-1-12-28)15-22(16-21)20-5-9-24(27)10-6-20;;;/h3-10,14-16,25,30H,1-2,11-13,17,28-29H2;3*1H/t25-;;;/m0.../s1. The largest absolute Gasteiger partial charge is 0.330 e. The van der Waals surface area contributed by atoms with Crippen molar-refractivity contribution < 1.29 is 8.78 Å². The highest BCUT2D eigenvalue weighted by Gasteiger charge is 2.07. The van der Waals surface area contributed by atoms with Gasteiger partial charge in [0, 0.05) is 12.6 Å². The lowest BCUT2D eigenvalue weighted by Crippen LogP contribution is -2.35. The molecule has 182 valence electrons. The molecule has 3 nitrogen and oxygen atoms in total. The second kappa shape index (κ2) is 16.0. The van der Waals surface area contributed by atoms with Crippen molar-refractivity contribution in [2.75, 3.05) is 19.6 Å². The Morgan fingerprint density at radius 3 is 1.67 bits per heavy atom. The van der Waals surface area contributed by atoms with Crippen molar-refractivity contribution in [3.8, 4) is 22.3 Å². The quantitative estimate of drug-likeness (QED) is 0.299. The second-order valence-electron chi connectivity index (χ2n) is 7.58. The Morgan fingerprint density at radius 2 is 1.21 bits per heavy atom. The highest BCUT2D eigenvalue weighted by atomic mass is 35.5. The van der Waals surface area contributed by atoms with Crippen molar-refractivity contribution in [1.29, 1.82) is 0 Å². The van der Waals surface area contributed by atoms with Crippen molar-refractivity contribution >= 4 is 37.2 Å². The topological polar surface area (TPSA) is 64.1 Å². The zero-order valence-electron chi connectivity index (χ0n) is 18.3. The van der Waals surface area contributed by atoms with Crippen molar-refractivity contribution in [2.45, 2.75) is 25.3 Å². The van der Waals surface area contributed by atoms with E-state index in [9.17, 15) is 8.78 Å².